The molecule has 1 atom stereocenters. The molecule has 18 heavy (non-hydrogen) atoms. The van der Waals surface area contributed by atoms with Gasteiger partial charge in [0.2, 0.25) is 0 Å². The van der Waals surface area contributed by atoms with Gasteiger partial charge in [0.1, 0.15) is 0 Å². The molecule has 2 aromatic carbocycles. The van der Waals surface area contributed by atoms with Crippen molar-refractivity contribution in [3.63, 3.8) is 0 Å². The summed E-state index contributed by atoms with van der Waals surface area (Å²) in [4.78, 5) is 1.63. The highest BCUT2D eigenvalue weighted by molar-refractivity contribution is 9.09. The van der Waals surface area contributed by atoms with Gasteiger partial charge in [0.05, 0.1) is 4.83 Å². The Morgan fingerprint density at radius 1 is 0.944 bits per heavy atom. The Morgan fingerprint density at radius 3 is 2.44 bits per heavy atom. The number of fused-ring (bicyclic) bond motifs is 1. The minimum Gasteiger partial charge on any atom is -0.147 e. The van der Waals surface area contributed by atoms with Gasteiger partial charge >= 0.3 is 0 Å². The van der Waals surface area contributed by atoms with E-state index in [0.29, 0.717) is 0 Å². The summed E-state index contributed by atoms with van der Waals surface area (Å²) in [6.07, 6.45) is 0. The molecule has 0 amide bonds. The Kier molecular flexibility index (Phi) is 3.23. The predicted octanol–water partition coefficient (Wildman–Crippen LogP) is 5.69. The van der Waals surface area contributed by atoms with Gasteiger partial charge in [-0.15, -0.1) is 11.3 Å². The molecule has 0 aliphatic rings. The van der Waals surface area contributed by atoms with Crippen molar-refractivity contribution in [3.8, 4) is 0 Å². The van der Waals surface area contributed by atoms with E-state index in [2.05, 4.69) is 76.8 Å². The molecule has 0 bridgehead atoms. The van der Waals surface area contributed by atoms with Gasteiger partial charge in [0.15, 0.2) is 0 Å². The number of aryl methyl sites for hydroxylation is 1. The van der Waals surface area contributed by atoms with E-state index in [9.17, 15) is 0 Å². The lowest BCUT2D eigenvalue weighted by Crippen LogP contribution is -1.92. The molecule has 1 unspecified atom stereocenters. The molecular weight excluding hydrogens is 304 g/mol. The first kappa shape index (κ1) is 11.9. The molecule has 0 aliphatic carbocycles. The number of alkyl halides is 1. The summed E-state index contributed by atoms with van der Waals surface area (Å²) in [7, 11) is 0. The average Bonchev–Trinajstić information content (AvgIpc) is 2.93. The van der Waals surface area contributed by atoms with E-state index >= 15 is 0 Å². The monoisotopic (exact) mass is 316 g/mol. The maximum absolute atomic E-state index is 3.83. The van der Waals surface area contributed by atoms with Crippen LogP contribution in [-0.2, 0) is 0 Å². The van der Waals surface area contributed by atoms with Gasteiger partial charge in [-0.25, -0.2) is 0 Å². The molecule has 3 aromatic rings. The molecule has 0 radical (unpaired) electrons. The Morgan fingerprint density at radius 2 is 1.72 bits per heavy atom. The van der Waals surface area contributed by atoms with Crippen LogP contribution in [0.15, 0.2) is 53.9 Å². The van der Waals surface area contributed by atoms with Crippen LogP contribution in [0.25, 0.3) is 10.8 Å². The minimum absolute atomic E-state index is 0.281. The first-order chi connectivity index (χ1) is 8.77. The van der Waals surface area contributed by atoms with Crippen molar-refractivity contribution in [3.05, 3.63) is 69.9 Å². The zero-order chi connectivity index (χ0) is 12.5. The predicted molar refractivity (Wildman–Crippen MR) is 83.8 cm³/mol. The van der Waals surface area contributed by atoms with E-state index in [4.69, 9.17) is 0 Å². The summed E-state index contributed by atoms with van der Waals surface area (Å²) in [5.74, 6) is 0. The van der Waals surface area contributed by atoms with Gasteiger partial charge in [-0.2, -0.15) is 0 Å². The molecular formula is C16H13BrS. The Hall–Kier alpha value is -1.12. The summed E-state index contributed by atoms with van der Waals surface area (Å²) in [6.45, 7) is 2.17. The number of benzene rings is 2. The van der Waals surface area contributed by atoms with Crippen LogP contribution in [0.1, 0.15) is 20.8 Å². The van der Waals surface area contributed by atoms with Crippen LogP contribution in [0.2, 0.25) is 0 Å². The fourth-order valence-corrected chi connectivity index (χ4v) is 3.88. The van der Waals surface area contributed by atoms with Crippen LogP contribution in [0.4, 0.5) is 0 Å². The number of hydrogen-bond acceptors (Lipinski definition) is 1. The van der Waals surface area contributed by atoms with Gasteiger partial charge in [-0.1, -0.05) is 58.4 Å². The zero-order valence-corrected chi connectivity index (χ0v) is 12.5. The van der Waals surface area contributed by atoms with Crippen LogP contribution in [0.5, 0.6) is 0 Å². The van der Waals surface area contributed by atoms with Gasteiger partial charge in [-0.05, 0) is 40.3 Å². The highest BCUT2D eigenvalue weighted by Gasteiger charge is 2.14. The summed E-state index contributed by atoms with van der Waals surface area (Å²) in [5, 5.41) is 4.81. The standard InChI is InChI=1S/C16H13BrS/c1-11-8-9-14(13-6-3-2-5-12(11)13)16(17)15-7-4-10-18-15/h2-10,16H,1H3. The molecule has 0 fully saturated rings. The fraction of sp³-hybridized carbons (Fsp3) is 0.125. The van der Waals surface area contributed by atoms with E-state index < -0.39 is 0 Å². The average molecular weight is 317 g/mol. The largest absolute Gasteiger partial charge is 0.147 e. The zero-order valence-electron chi connectivity index (χ0n) is 10.1. The van der Waals surface area contributed by atoms with Crippen molar-refractivity contribution in [2.45, 2.75) is 11.8 Å². The summed E-state index contributed by atoms with van der Waals surface area (Å²) < 4.78 is 0. The van der Waals surface area contributed by atoms with Crippen molar-refractivity contribution in [1.29, 1.82) is 0 Å². The molecule has 1 heterocycles. The van der Waals surface area contributed by atoms with Gasteiger partial charge in [0.25, 0.3) is 0 Å². The van der Waals surface area contributed by atoms with Crippen molar-refractivity contribution in [2.75, 3.05) is 0 Å². The number of hydrogen-bond donors (Lipinski definition) is 0. The SMILES string of the molecule is Cc1ccc(C(Br)c2cccs2)c2ccccc12. The van der Waals surface area contributed by atoms with Crippen molar-refractivity contribution in [2.24, 2.45) is 0 Å². The molecule has 0 N–H and O–H groups in total. The maximum Gasteiger partial charge on any atom is 0.0744 e. The van der Waals surface area contributed by atoms with E-state index in [1.165, 1.54) is 26.8 Å². The normalized spacial score (nSPS) is 12.8. The van der Waals surface area contributed by atoms with Crippen molar-refractivity contribution < 1.29 is 0 Å². The molecule has 90 valence electrons. The number of thiophene rings is 1. The lowest BCUT2D eigenvalue weighted by atomic mass is 9.98. The van der Waals surface area contributed by atoms with Gasteiger partial charge in [-0.3, -0.25) is 0 Å². The van der Waals surface area contributed by atoms with Crippen LogP contribution < -0.4 is 0 Å². The molecule has 0 spiro atoms. The van der Waals surface area contributed by atoms with Crippen molar-refractivity contribution >= 4 is 38.0 Å². The molecule has 1 aromatic heterocycles. The van der Waals surface area contributed by atoms with E-state index in [1.807, 2.05) is 0 Å². The smallest absolute Gasteiger partial charge is 0.0744 e. The van der Waals surface area contributed by atoms with Gasteiger partial charge in [0, 0.05) is 4.88 Å². The number of rotatable bonds is 2. The highest BCUT2D eigenvalue weighted by atomic mass is 79.9. The van der Waals surface area contributed by atoms with E-state index in [-0.39, 0.29) is 4.83 Å². The minimum atomic E-state index is 0.281. The third-order valence-electron chi connectivity index (χ3n) is 3.24. The molecule has 3 rings (SSSR count). The first-order valence-corrected chi connectivity index (χ1v) is 7.72. The summed E-state index contributed by atoms with van der Waals surface area (Å²) in [5.41, 5.74) is 2.68. The second-order valence-electron chi connectivity index (χ2n) is 4.40. The molecule has 0 saturated carbocycles. The molecule has 2 heteroatoms. The second-order valence-corrected chi connectivity index (χ2v) is 6.29. The van der Waals surface area contributed by atoms with Crippen LogP contribution in [0.3, 0.4) is 0 Å². The quantitative estimate of drug-likeness (QED) is 0.532. The topological polar surface area (TPSA) is 0 Å². The third-order valence-corrected chi connectivity index (χ3v) is 5.47. The fourth-order valence-electron chi connectivity index (χ4n) is 2.28. The summed E-state index contributed by atoms with van der Waals surface area (Å²) >= 11 is 5.62. The maximum atomic E-state index is 3.83. The van der Waals surface area contributed by atoms with Crippen LogP contribution >= 0.6 is 27.3 Å². The van der Waals surface area contributed by atoms with Crippen molar-refractivity contribution in [1.82, 2.24) is 0 Å². The Balaban J connectivity index is 2.21. The highest BCUT2D eigenvalue weighted by Crippen LogP contribution is 2.38. The van der Waals surface area contributed by atoms with E-state index in [0.717, 1.165) is 0 Å². The van der Waals surface area contributed by atoms with Gasteiger partial charge < -0.3 is 0 Å². The molecule has 0 aliphatic heterocycles. The van der Waals surface area contributed by atoms with Crippen LogP contribution in [0, 0.1) is 6.92 Å². The van der Waals surface area contributed by atoms with Crippen LogP contribution in [-0.4, -0.2) is 0 Å². The Labute approximate surface area is 119 Å². The number of halogens is 1. The molecule has 0 nitrogen and oxygen atoms in total. The lowest BCUT2D eigenvalue weighted by Gasteiger charge is -2.13. The third kappa shape index (κ3) is 2.00. The molecule has 0 saturated heterocycles. The van der Waals surface area contributed by atoms with E-state index in [1.54, 1.807) is 11.3 Å². The second kappa shape index (κ2) is 4.87. The summed E-state index contributed by atoms with van der Waals surface area (Å²) in [6, 6.07) is 17.3. The lowest BCUT2D eigenvalue weighted by molar-refractivity contribution is 1.24. The first-order valence-electron chi connectivity index (χ1n) is 5.93. The Bertz CT molecular complexity index is 671.